The lowest BCUT2D eigenvalue weighted by Crippen LogP contribution is -2.32. The maximum absolute atomic E-state index is 11.9. The minimum Gasteiger partial charge on any atom is -0.287 e. The van der Waals surface area contributed by atoms with Crippen LogP contribution in [-0.2, 0) is 4.79 Å². The Kier molecular flexibility index (Phi) is 3.34. The number of hydrogen-bond donors (Lipinski definition) is 0. The van der Waals surface area contributed by atoms with Crippen molar-refractivity contribution >= 4 is 29.3 Å². The highest BCUT2D eigenvalue weighted by molar-refractivity contribution is 8.18. The molecule has 70 valence electrons. The highest BCUT2D eigenvalue weighted by Crippen LogP contribution is 2.35. The Hall–Kier alpha value is 0.160. The van der Waals surface area contributed by atoms with E-state index in [1.807, 2.05) is 0 Å². The first-order valence-electron chi connectivity index (χ1n) is 3.36. The van der Waals surface area contributed by atoms with Crippen molar-refractivity contribution in [3.8, 4) is 0 Å². The summed E-state index contributed by atoms with van der Waals surface area (Å²) in [6.07, 6.45) is -3.78. The molecule has 0 N–H and O–H groups in total. The predicted octanol–water partition coefficient (Wildman–Crippen LogP) is 2.31. The van der Waals surface area contributed by atoms with Gasteiger partial charge in [0.15, 0.2) is 0 Å². The van der Waals surface area contributed by atoms with Gasteiger partial charge in [0.25, 0.3) is 5.78 Å². The SMILES string of the molecule is O=C(C1SCCCS1)C(F)(F)F. The van der Waals surface area contributed by atoms with Gasteiger partial charge in [-0.15, -0.1) is 23.5 Å². The van der Waals surface area contributed by atoms with E-state index < -0.39 is 16.5 Å². The smallest absolute Gasteiger partial charge is 0.287 e. The molecule has 0 aromatic heterocycles. The zero-order valence-corrected chi connectivity index (χ0v) is 7.69. The van der Waals surface area contributed by atoms with Crippen LogP contribution in [0.15, 0.2) is 0 Å². The molecule has 0 spiro atoms. The maximum atomic E-state index is 11.9. The summed E-state index contributed by atoms with van der Waals surface area (Å²) < 4.78 is 34.7. The molecule has 1 heterocycles. The number of ketones is 1. The molecule has 1 rings (SSSR count). The van der Waals surface area contributed by atoms with Crippen LogP contribution in [0.2, 0.25) is 0 Å². The van der Waals surface area contributed by atoms with E-state index in [0.717, 1.165) is 29.9 Å². The Morgan fingerprint density at radius 1 is 1.25 bits per heavy atom. The second-order valence-electron chi connectivity index (χ2n) is 2.29. The Morgan fingerprint density at radius 2 is 1.75 bits per heavy atom. The average molecular weight is 216 g/mol. The van der Waals surface area contributed by atoms with Crippen molar-refractivity contribution in [2.75, 3.05) is 11.5 Å². The number of carbonyl (C=O) groups is 1. The first-order valence-corrected chi connectivity index (χ1v) is 5.46. The summed E-state index contributed by atoms with van der Waals surface area (Å²) >= 11 is 2.18. The summed E-state index contributed by atoms with van der Waals surface area (Å²) in [5.41, 5.74) is 0. The fourth-order valence-electron chi connectivity index (χ4n) is 0.773. The molecule has 1 nitrogen and oxygen atoms in total. The number of halogens is 3. The molecule has 1 saturated heterocycles. The third-order valence-electron chi connectivity index (χ3n) is 1.32. The van der Waals surface area contributed by atoms with Gasteiger partial charge in [-0.25, -0.2) is 0 Å². The number of thioether (sulfide) groups is 2. The summed E-state index contributed by atoms with van der Waals surface area (Å²) in [5, 5.41) is 0. The van der Waals surface area contributed by atoms with Gasteiger partial charge in [-0.2, -0.15) is 13.2 Å². The second-order valence-corrected chi connectivity index (χ2v) is 5.01. The van der Waals surface area contributed by atoms with Gasteiger partial charge in [0.1, 0.15) is 4.58 Å². The lowest BCUT2D eigenvalue weighted by Gasteiger charge is -2.20. The molecule has 0 aromatic carbocycles. The molecule has 6 heteroatoms. The van der Waals surface area contributed by atoms with Gasteiger partial charge in [0, 0.05) is 0 Å². The van der Waals surface area contributed by atoms with Crippen LogP contribution >= 0.6 is 23.5 Å². The molecule has 0 aliphatic carbocycles. The molecule has 0 amide bonds. The van der Waals surface area contributed by atoms with E-state index in [2.05, 4.69) is 0 Å². The van der Waals surface area contributed by atoms with Crippen LogP contribution in [0.1, 0.15) is 6.42 Å². The minimum atomic E-state index is -4.66. The third-order valence-corrected chi connectivity index (χ3v) is 4.22. The van der Waals surface area contributed by atoms with E-state index >= 15 is 0 Å². The number of Topliss-reactive ketones (excluding diaryl/α,β-unsaturated/α-hetero) is 1. The zero-order valence-electron chi connectivity index (χ0n) is 6.06. The molecular formula is C6H7F3OS2. The quantitative estimate of drug-likeness (QED) is 0.669. The van der Waals surface area contributed by atoms with Gasteiger partial charge in [-0.3, -0.25) is 4.79 Å². The van der Waals surface area contributed by atoms with Crippen LogP contribution in [0.5, 0.6) is 0 Å². The maximum Gasteiger partial charge on any atom is 0.452 e. The molecule has 0 aromatic rings. The van der Waals surface area contributed by atoms with E-state index in [9.17, 15) is 18.0 Å². The average Bonchev–Trinajstić information content (AvgIpc) is 2.03. The molecule has 0 unspecified atom stereocenters. The van der Waals surface area contributed by atoms with E-state index in [4.69, 9.17) is 0 Å². The molecule has 1 aliphatic heterocycles. The van der Waals surface area contributed by atoms with E-state index in [1.165, 1.54) is 0 Å². The largest absolute Gasteiger partial charge is 0.452 e. The fourth-order valence-corrected chi connectivity index (χ4v) is 3.54. The molecule has 1 fully saturated rings. The predicted molar refractivity (Wildman–Crippen MR) is 44.4 cm³/mol. The monoisotopic (exact) mass is 216 g/mol. The number of carbonyl (C=O) groups excluding carboxylic acids is 1. The zero-order chi connectivity index (χ0) is 9.19. The standard InChI is InChI=1S/C6H7F3OS2/c7-6(8,9)4(10)5-11-2-1-3-12-5/h5H,1-3H2. The van der Waals surface area contributed by atoms with Crippen LogP contribution in [0.25, 0.3) is 0 Å². The third kappa shape index (κ3) is 2.58. The highest BCUT2D eigenvalue weighted by Gasteiger charge is 2.44. The van der Waals surface area contributed by atoms with Crippen molar-refractivity contribution in [3.63, 3.8) is 0 Å². The Morgan fingerprint density at radius 3 is 2.17 bits per heavy atom. The first-order chi connectivity index (χ1) is 5.52. The van der Waals surface area contributed by atoms with Crippen LogP contribution in [0.4, 0.5) is 13.2 Å². The van der Waals surface area contributed by atoms with E-state index in [0.29, 0.717) is 11.5 Å². The Balaban J connectivity index is 2.51. The van der Waals surface area contributed by atoms with Gasteiger partial charge < -0.3 is 0 Å². The van der Waals surface area contributed by atoms with Crippen molar-refractivity contribution in [3.05, 3.63) is 0 Å². The fraction of sp³-hybridized carbons (Fsp3) is 0.833. The van der Waals surface area contributed by atoms with Gasteiger partial charge >= 0.3 is 6.18 Å². The summed E-state index contributed by atoms with van der Waals surface area (Å²) in [4.78, 5) is 10.7. The van der Waals surface area contributed by atoms with Crippen molar-refractivity contribution in [1.29, 1.82) is 0 Å². The van der Waals surface area contributed by atoms with Crippen molar-refractivity contribution in [1.82, 2.24) is 0 Å². The van der Waals surface area contributed by atoms with Gasteiger partial charge in [-0.1, -0.05) is 0 Å². The number of rotatable bonds is 1. The highest BCUT2D eigenvalue weighted by atomic mass is 32.2. The van der Waals surface area contributed by atoms with Gasteiger partial charge in [0.2, 0.25) is 0 Å². The lowest BCUT2D eigenvalue weighted by molar-refractivity contribution is -0.168. The van der Waals surface area contributed by atoms with Gasteiger partial charge in [0.05, 0.1) is 0 Å². The van der Waals surface area contributed by atoms with Crippen LogP contribution in [0.3, 0.4) is 0 Å². The number of alkyl halides is 3. The molecule has 0 radical (unpaired) electrons. The van der Waals surface area contributed by atoms with Crippen LogP contribution < -0.4 is 0 Å². The van der Waals surface area contributed by atoms with Crippen molar-refractivity contribution in [2.24, 2.45) is 0 Å². The second kappa shape index (κ2) is 3.91. The minimum absolute atomic E-state index is 0.652. The molecular weight excluding hydrogens is 209 g/mol. The Labute approximate surface area is 76.5 Å². The van der Waals surface area contributed by atoms with E-state index in [1.54, 1.807) is 0 Å². The summed E-state index contributed by atoms with van der Waals surface area (Å²) in [6, 6.07) is 0. The first kappa shape index (κ1) is 10.2. The van der Waals surface area contributed by atoms with Crippen LogP contribution in [-0.4, -0.2) is 28.0 Å². The van der Waals surface area contributed by atoms with Gasteiger partial charge in [-0.05, 0) is 17.9 Å². The molecule has 1 aliphatic rings. The topological polar surface area (TPSA) is 17.1 Å². The normalized spacial score (nSPS) is 20.9. The molecule has 0 saturated carbocycles. The summed E-state index contributed by atoms with van der Waals surface area (Å²) in [7, 11) is 0. The Bertz CT molecular complexity index is 174. The number of hydrogen-bond acceptors (Lipinski definition) is 3. The van der Waals surface area contributed by atoms with Crippen LogP contribution in [0, 0.1) is 0 Å². The summed E-state index contributed by atoms with van der Waals surface area (Å²) in [6.45, 7) is 0. The van der Waals surface area contributed by atoms with Crippen molar-refractivity contribution in [2.45, 2.75) is 17.2 Å². The molecule has 0 atom stereocenters. The molecule has 0 bridgehead atoms. The van der Waals surface area contributed by atoms with E-state index in [-0.39, 0.29) is 0 Å². The van der Waals surface area contributed by atoms with Crippen molar-refractivity contribution < 1.29 is 18.0 Å². The summed E-state index contributed by atoms with van der Waals surface area (Å²) in [5.74, 6) is -0.295. The lowest BCUT2D eigenvalue weighted by atomic mass is 10.4. The molecule has 12 heavy (non-hydrogen) atoms.